The zero-order valence-corrected chi connectivity index (χ0v) is 11.4. The third kappa shape index (κ3) is 3.40. The molecule has 22 heavy (non-hydrogen) atoms. The Bertz CT molecular complexity index is 767. The number of rotatable bonds is 4. The molecule has 0 unspecified atom stereocenters. The van der Waals surface area contributed by atoms with Gasteiger partial charge in [-0.25, -0.2) is 0 Å². The standard InChI is InChI=1S/C15H11N5O2/c21-14(6-5-13-9-16-7-8-17-13)19-12-3-1-11(2-4-12)15-18-10-22-20-15/h1-10H,(H,19,21). The highest BCUT2D eigenvalue weighted by atomic mass is 16.5. The second-order valence-corrected chi connectivity index (χ2v) is 4.29. The first-order valence-electron chi connectivity index (χ1n) is 6.43. The lowest BCUT2D eigenvalue weighted by atomic mass is 10.2. The van der Waals surface area contributed by atoms with Gasteiger partial charge < -0.3 is 9.84 Å². The summed E-state index contributed by atoms with van der Waals surface area (Å²) in [5.41, 5.74) is 2.09. The van der Waals surface area contributed by atoms with Crippen LogP contribution < -0.4 is 5.32 Å². The average Bonchev–Trinajstić information content (AvgIpc) is 3.09. The van der Waals surface area contributed by atoms with Gasteiger partial charge in [0.15, 0.2) is 0 Å². The van der Waals surface area contributed by atoms with E-state index in [1.54, 1.807) is 48.9 Å². The third-order valence-corrected chi connectivity index (χ3v) is 2.76. The van der Waals surface area contributed by atoms with Crippen LogP contribution in [-0.2, 0) is 4.79 Å². The summed E-state index contributed by atoms with van der Waals surface area (Å²) in [7, 11) is 0. The highest BCUT2D eigenvalue weighted by molar-refractivity contribution is 6.01. The fraction of sp³-hybridized carbons (Fsp3) is 0. The molecular formula is C15H11N5O2. The molecule has 1 N–H and O–H groups in total. The van der Waals surface area contributed by atoms with E-state index in [1.165, 1.54) is 12.5 Å². The summed E-state index contributed by atoms with van der Waals surface area (Å²) in [6.45, 7) is 0. The second-order valence-electron chi connectivity index (χ2n) is 4.29. The number of hydrogen-bond acceptors (Lipinski definition) is 6. The molecule has 0 saturated heterocycles. The fourth-order valence-corrected chi connectivity index (χ4v) is 1.74. The van der Waals surface area contributed by atoms with E-state index in [2.05, 4.69) is 29.9 Å². The van der Waals surface area contributed by atoms with Crippen molar-refractivity contribution in [2.45, 2.75) is 0 Å². The van der Waals surface area contributed by atoms with Crippen molar-refractivity contribution in [2.75, 3.05) is 5.32 Å². The number of anilines is 1. The third-order valence-electron chi connectivity index (χ3n) is 2.76. The quantitative estimate of drug-likeness (QED) is 0.741. The van der Waals surface area contributed by atoms with Crippen molar-refractivity contribution < 1.29 is 9.32 Å². The Morgan fingerprint density at radius 3 is 2.68 bits per heavy atom. The molecule has 1 amide bonds. The molecule has 108 valence electrons. The van der Waals surface area contributed by atoms with Gasteiger partial charge in [-0.05, 0) is 30.3 Å². The first kappa shape index (κ1) is 13.6. The average molecular weight is 293 g/mol. The molecule has 0 fully saturated rings. The van der Waals surface area contributed by atoms with Gasteiger partial charge in [0.25, 0.3) is 0 Å². The van der Waals surface area contributed by atoms with Crippen molar-refractivity contribution in [3.63, 3.8) is 0 Å². The van der Waals surface area contributed by atoms with Crippen LogP contribution in [0, 0.1) is 0 Å². The maximum absolute atomic E-state index is 11.8. The lowest BCUT2D eigenvalue weighted by molar-refractivity contribution is -0.111. The predicted octanol–water partition coefficient (Wildman–Crippen LogP) is 2.18. The second kappa shape index (κ2) is 6.40. The summed E-state index contributed by atoms with van der Waals surface area (Å²) in [6, 6.07) is 7.12. The Hall–Kier alpha value is -3.35. The number of carbonyl (C=O) groups is 1. The smallest absolute Gasteiger partial charge is 0.248 e. The Balaban J connectivity index is 1.63. The molecule has 0 spiro atoms. The number of aromatic nitrogens is 4. The zero-order chi connectivity index (χ0) is 15.2. The number of amides is 1. The Morgan fingerprint density at radius 1 is 1.14 bits per heavy atom. The van der Waals surface area contributed by atoms with E-state index in [-0.39, 0.29) is 5.91 Å². The number of hydrogen-bond donors (Lipinski definition) is 1. The largest absolute Gasteiger partial charge is 0.342 e. The van der Waals surface area contributed by atoms with Crippen LogP contribution in [0.25, 0.3) is 17.5 Å². The van der Waals surface area contributed by atoms with E-state index in [0.717, 1.165) is 5.56 Å². The molecule has 0 saturated carbocycles. The van der Waals surface area contributed by atoms with Crippen molar-refractivity contribution in [2.24, 2.45) is 0 Å². The van der Waals surface area contributed by atoms with Crippen molar-refractivity contribution in [3.05, 3.63) is 61.0 Å². The van der Waals surface area contributed by atoms with Gasteiger partial charge in [-0.15, -0.1) is 0 Å². The van der Waals surface area contributed by atoms with Crippen LogP contribution in [-0.4, -0.2) is 26.0 Å². The minimum atomic E-state index is -0.252. The fourth-order valence-electron chi connectivity index (χ4n) is 1.74. The molecule has 0 aliphatic heterocycles. The van der Waals surface area contributed by atoms with Gasteiger partial charge in [0, 0.05) is 29.7 Å². The molecular weight excluding hydrogens is 282 g/mol. The van der Waals surface area contributed by atoms with Crippen molar-refractivity contribution in [1.29, 1.82) is 0 Å². The molecule has 1 aromatic carbocycles. The van der Waals surface area contributed by atoms with E-state index < -0.39 is 0 Å². The number of nitrogens with zero attached hydrogens (tertiary/aromatic N) is 4. The van der Waals surface area contributed by atoms with Crippen LogP contribution in [0.5, 0.6) is 0 Å². The van der Waals surface area contributed by atoms with Crippen LogP contribution >= 0.6 is 0 Å². The Labute approximate surface area is 125 Å². The highest BCUT2D eigenvalue weighted by Gasteiger charge is 2.03. The van der Waals surface area contributed by atoms with Crippen molar-refractivity contribution in [3.8, 4) is 11.4 Å². The lowest BCUT2D eigenvalue weighted by Gasteiger charge is -2.02. The van der Waals surface area contributed by atoms with Crippen LogP contribution in [0.2, 0.25) is 0 Å². The van der Waals surface area contributed by atoms with Gasteiger partial charge >= 0.3 is 0 Å². The van der Waals surface area contributed by atoms with Crippen LogP contribution in [0.15, 0.2) is 59.8 Å². The molecule has 0 bridgehead atoms. The summed E-state index contributed by atoms with van der Waals surface area (Å²) < 4.78 is 4.69. The minimum Gasteiger partial charge on any atom is -0.342 e. The van der Waals surface area contributed by atoms with Gasteiger partial charge in [-0.2, -0.15) is 4.98 Å². The van der Waals surface area contributed by atoms with E-state index in [1.807, 2.05) is 0 Å². The first-order valence-corrected chi connectivity index (χ1v) is 6.43. The summed E-state index contributed by atoms with van der Waals surface area (Å²) in [5.74, 6) is 0.249. The summed E-state index contributed by atoms with van der Waals surface area (Å²) in [4.78, 5) is 23.7. The van der Waals surface area contributed by atoms with Gasteiger partial charge in [0.05, 0.1) is 11.9 Å². The molecule has 7 heteroatoms. The van der Waals surface area contributed by atoms with Gasteiger partial charge in [0.2, 0.25) is 18.1 Å². The molecule has 2 aromatic heterocycles. The zero-order valence-electron chi connectivity index (χ0n) is 11.4. The molecule has 0 radical (unpaired) electrons. The normalized spacial score (nSPS) is 10.7. The summed E-state index contributed by atoms with van der Waals surface area (Å²) >= 11 is 0. The molecule has 3 rings (SSSR count). The van der Waals surface area contributed by atoms with Crippen LogP contribution in [0.3, 0.4) is 0 Å². The van der Waals surface area contributed by atoms with E-state index in [4.69, 9.17) is 0 Å². The SMILES string of the molecule is O=C(C=Cc1cnccn1)Nc1ccc(-c2ncon2)cc1. The molecule has 2 heterocycles. The molecule has 3 aromatic rings. The molecule has 0 aliphatic rings. The number of nitrogens with one attached hydrogen (secondary N) is 1. The first-order chi connectivity index (χ1) is 10.8. The lowest BCUT2D eigenvalue weighted by Crippen LogP contribution is -2.07. The van der Waals surface area contributed by atoms with Crippen molar-refractivity contribution in [1.82, 2.24) is 20.1 Å². The van der Waals surface area contributed by atoms with E-state index in [9.17, 15) is 4.79 Å². The Kier molecular flexibility index (Phi) is 3.96. The maximum Gasteiger partial charge on any atom is 0.248 e. The summed E-state index contributed by atoms with van der Waals surface area (Å²) in [6.07, 6.45) is 8.97. The Morgan fingerprint density at radius 2 is 2.00 bits per heavy atom. The van der Waals surface area contributed by atoms with Gasteiger partial charge in [-0.3, -0.25) is 14.8 Å². The molecule has 0 atom stereocenters. The van der Waals surface area contributed by atoms with E-state index >= 15 is 0 Å². The molecule has 7 nitrogen and oxygen atoms in total. The monoisotopic (exact) mass is 293 g/mol. The number of carbonyl (C=O) groups excluding carboxylic acids is 1. The van der Waals surface area contributed by atoms with Crippen LogP contribution in [0.4, 0.5) is 5.69 Å². The maximum atomic E-state index is 11.8. The predicted molar refractivity (Wildman–Crippen MR) is 79.4 cm³/mol. The van der Waals surface area contributed by atoms with Gasteiger partial charge in [0.1, 0.15) is 0 Å². The number of benzene rings is 1. The van der Waals surface area contributed by atoms with Gasteiger partial charge in [-0.1, -0.05) is 5.16 Å². The van der Waals surface area contributed by atoms with E-state index in [0.29, 0.717) is 17.2 Å². The van der Waals surface area contributed by atoms with Crippen LogP contribution in [0.1, 0.15) is 5.69 Å². The topological polar surface area (TPSA) is 93.8 Å². The van der Waals surface area contributed by atoms with Crippen molar-refractivity contribution >= 4 is 17.7 Å². The molecule has 0 aliphatic carbocycles. The minimum absolute atomic E-state index is 0.252. The highest BCUT2D eigenvalue weighted by Crippen LogP contribution is 2.17. The summed E-state index contributed by atoms with van der Waals surface area (Å²) in [5, 5.41) is 6.49.